The molecule has 0 radical (unpaired) electrons. The second kappa shape index (κ2) is 7.23. The van der Waals surface area contributed by atoms with Gasteiger partial charge in [0.2, 0.25) is 0 Å². The smallest absolute Gasteiger partial charge is 0.255 e. The Morgan fingerprint density at radius 3 is 2.12 bits per heavy atom. The van der Waals surface area contributed by atoms with Crippen molar-refractivity contribution in [2.45, 2.75) is 0 Å². The maximum atomic E-state index is 12.5. The number of nitrogens with one attached hydrogen (secondary N) is 1. The molecule has 0 saturated carbocycles. The van der Waals surface area contributed by atoms with Crippen molar-refractivity contribution in [3.05, 3.63) is 100 Å². The number of amides is 1. The molecule has 3 rings (SSSR count). The molecule has 0 fully saturated rings. The molecule has 0 saturated heterocycles. The third-order valence-corrected chi connectivity index (χ3v) is 4.00. The molecular weight excluding hydrogens is 366 g/mol. The molecule has 0 unspecified atom stereocenters. The van der Waals surface area contributed by atoms with Gasteiger partial charge in [0.1, 0.15) is 0 Å². The van der Waals surface area contributed by atoms with Gasteiger partial charge in [0, 0.05) is 26.9 Å². The van der Waals surface area contributed by atoms with Gasteiger partial charge in [-0.15, -0.1) is 0 Å². The summed E-state index contributed by atoms with van der Waals surface area (Å²) in [6, 6.07) is 23.1. The predicted octanol–water partition coefficient (Wildman–Crippen LogP) is 4.93. The zero-order valence-electron chi connectivity index (χ0n) is 12.7. The van der Waals surface area contributed by atoms with Crippen LogP contribution in [-0.2, 0) is 0 Å². The number of hydrogen-bond acceptors (Lipinski definition) is 2. The zero-order chi connectivity index (χ0) is 16.9. The van der Waals surface area contributed by atoms with E-state index >= 15 is 0 Å². The lowest BCUT2D eigenvalue weighted by molar-refractivity contribution is 0.102. The average Bonchev–Trinajstić information content (AvgIpc) is 2.62. The third-order valence-electron chi connectivity index (χ3n) is 3.51. The maximum absolute atomic E-state index is 12.5. The van der Waals surface area contributed by atoms with Crippen LogP contribution in [0.25, 0.3) is 0 Å². The summed E-state index contributed by atoms with van der Waals surface area (Å²) in [4.78, 5) is 24.8. The van der Waals surface area contributed by atoms with Gasteiger partial charge in [0.25, 0.3) is 5.91 Å². The first-order chi connectivity index (χ1) is 11.6. The van der Waals surface area contributed by atoms with E-state index in [2.05, 4.69) is 21.2 Å². The number of benzene rings is 3. The summed E-state index contributed by atoms with van der Waals surface area (Å²) in [6.07, 6.45) is 0. The molecule has 0 aromatic heterocycles. The summed E-state index contributed by atoms with van der Waals surface area (Å²) >= 11 is 3.35. The molecule has 4 heteroatoms. The van der Waals surface area contributed by atoms with Crippen molar-refractivity contribution in [3.8, 4) is 0 Å². The molecule has 0 aliphatic heterocycles. The number of anilines is 1. The molecule has 0 aliphatic rings. The molecule has 24 heavy (non-hydrogen) atoms. The highest BCUT2D eigenvalue weighted by molar-refractivity contribution is 9.10. The Hall–Kier alpha value is -2.72. The van der Waals surface area contributed by atoms with E-state index in [1.54, 1.807) is 54.6 Å². The SMILES string of the molecule is O=C(Nc1cccc(C(=O)c2ccccc2)c1)c1cccc(Br)c1. The molecule has 3 aromatic rings. The van der Waals surface area contributed by atoms with Gasteiger partial charge in [-0.2, -0.15) is 0 Å². The van der Waals surface area contributed by atoms with Gasteiger partial charge in [-0.25, -0.2) is 0 Å². The van der Waals surface area contributed by atoms with Crippen molar-refractivity contribution in [1.29, 1.82) is 0 Å². The normalized spacial score (nSPS) is 10.2. The lowest BCUT2D eigenvalue weighted by Crippen LogP contribution is -2.12. The van der Waals surface area contributed by atoms with Gasteiger partial charge in [-0.1, -0.05) is 64.5 Å². The van der Waals surface area contributed by atoms with E-state index in [1.807, 2.05) is 24.3 Å². The van der Waals surface area contributed by atoms with E-state index in [9.17, 15) is 9.59 Å². The van der Waals surface area contributed by atoms with Gasteiger partial charge in [-0.05, 0) is 30.3 Å². The number of carbonyl (C=O) groups excluding carboxylic acids is 2. The molecule has 0 atom stereocenters. The average molecular weight is 380 g/mol. The van der Waals surface area contributed by atoms with Crippen molar-refractivity contribution >= 4 is 33.3 Å². The van der Waals surface area contributed by atoms with Crippen LogP contribution in [0.1, 0.15) is 26.3 Å². The minimum absolute atomic E-state index is 0.0749. The number of halogens is 1. The highest BCUT2D eigenvalue weighted by atomic mass is 79.9. The molecule has 0 aliphatic carbocycles. The van der Waals surface area contributed by atoms with Crippen LogP contribution in [-0.4, -0.2) is 11.7 Å². The van der Waals surface area contributed by atoms with Crippen LogP contribution in [0.15, 0.2) is 83.3 Å². The summed E-state index contributed by atoms with van der Waals surface area (Å²) < 4.78 is 0.836. The highest BCUT2D eigenvalue weighted by Crippen LogP contribution is 2.17. The molecule has 118 valence electrons. The Morgan fingerprint density at radius 2 is 1.38 bits per heavy atom. The molecule has 3 aromatic carbocycles. The minimum atomic E-state index is -0.222. The predicted molar refractivity (Wildman–Crippen MR) is 98.4 cm³/mol. The third kappa shape index (κ3) is 3.78. The van der Waals surface area contributed by atoms with Crippen LogP contribution in [0.3, 0.4) is 0 Å². The highest BCUT2D eigenvalue weighted by Gasteiger charge is 2.11. The molecule has 0 heterocycles. The van der Waals surface area contributed by atoms with Crippen LogP contribution in [0.5, 0.6) is 0 Å². The number of rotatable bonds is 4. The van der Waals surface area contributed by atoms with E-state index in [0.29, 0.717) is 22.4 Å². The molecule has 1 amide bonds. The molecule has 3 nitrogen and oxygen atoms in total. The van der Waals surface area contributed by atoms with Crippen LogP contribution < -0.4 is 5.32 Å². The minimum Gasteiger partial charge on any atom is -0.322 e. The van der Waals surface area contributed by atoms with Gasteiger partial charge in [0.15, 0.2) is 5.78 Å². The van der Waals surface area contributed by atoms with Gasteiger partial charge in [-0.3, -0.25) is 9.59 Å². The van der Waals surface area contributed by atoms with E-state index in [0.717, 1.165) is 4.47 Å². The first kappa shape index (κ1) is 16.1. The standard InChI is InChI=1S/C20H14BrNO2/c21-17-10-4-9-16(12-17)20(24)22-18-11-5-8-15(13-18)19(23)14-6-2-1-3-7-14/h1-13H,(H,22,24). The Kier molecular flexibility index (Phi) is 4.87. The topological polar surface area (TPSA) is 46.2 Å². The van der Waals surface area contributed by atoms with Crippen molar-refractivity contribution < 1.29 is 9.59 Å². The van der Waals surface area contributed by atoms with E-state index in [4.69, 9.17) is 0 Å². The monoisotopic (exact) mass is 379 g/mol. The van der Waals surface area contributed by atoms with Crippen molar-refractivity contribution in [3.63, 3.8) is 0 Å². The summed E-state index contributed by atoms with van der Waals surface area (Å²) in [6.45, 7) is 0. The van der Waals surface area contributed by atoms with E-state index < -0.39 is 0 Å². The summed E-state index contributed by atoms with van der Waals surface area (Å²) in [7, 11) is 0. The number of ketones is 1. The molecule has 1 N–H and O–H groups in total. The Morgan fingerprint density at radius 1 is 0.708 bits per heavy atom. The largest absolute Gasteiger partial charge is 0.322 e. The lowest BCUT2D eigenvalue weighted by atomic mass is 10.0. The van der Waals surface area contributed by atoms with Gasteiger partial charge < -0.3 is 5.32 Å². The van der Waals surface area contributed by atoms with Gasteiger partial charge >= 0.3 is 0 Å². The number of hydrogen-bond donors (Lipinski definition) is 1. The molecular formula is C20H14BrNO2. The summed E-state index contributed by atoms with van der Waals surface area (Å²) in [5, 5.41) is 2.82. The second-order valence-electron chi connectivity index (χ2n) is 5.24. The van der Waals surface area contributed by atoms with Crippen molar-refractivity contribution in [2.75, 3.05) is 5.32 Å². The van der Waals surface area contributed by atoms with Crippen LogP contribution >= 0.6 is 15.9 Å². The summed E-state index contributed by atoms with van der Waals surface area (Å²) in [5.74, 6) is -0.297. The first-order valence-electron chi connectivity index (χ1n) is 7.40. The van der Waals surface area contributed by atoms with Crippen molar-refractivity contribution in [1.82, 2.24) is 0 Å². The fourth-order valence-electron chi connectivity index (χ4n) is 2.33. The van der Waals surface area contributed by atoms with Gasteiger partial charge in [0.05, 0.1) is 0 Å². The number of carbonyl (C=O) groups is 2. The Bertz CT molecular complexity index is 891. The fourth-order valence-corrected chi connectivity index (χ4v) is 2.73. The van der Waals surface area contributed by atoms with Crippen LogP contribution in [0.4, 0.5) is 5.69 Å². The van der Waals surface area contributed by atoms with Crippen LogP contribution in [0.2, 0.25) is 0 Å². The zero-order valence-corrected chi connectivity index (χ0v) is 14.3. The summed E-state index contributed by atoms with van der Waals surface area (Å²) in [5.41, 5.74) is 2.28. The lowest BCUT2D eigenvalue weighted by Gasteiger charge is -2.08. The quantitative estimate of drug-likeness (QED) is 0.653. The van der Waals surface area contributed by atoms with Crippen molar-refractivity contribution in [2.24, 2.45) is 0 Å². The second-order valence-corrected chi connectivity index (χ2v) is 6.16. The van der Waals surface area contributed by atoms with E-state index in [1.165, 1.54) is 0 Å². The maximum Gasteiger partial charge on any atom is 0.255 e. The fraction of sp³-hybridized carbons (Fsp3) is 0. The molecule has 0 bridgehead atoms. The molecule has 0 spiro atoms. The van der Waals surface area contributed by atoms with Crippen LogP contribution in [0, 0.1) is 0 Å². The first-order valence-corrected chi connectivity index (χ1v) is 8.19. The van der Waals surface area contributed by atoms with E-state index in [-0.39, 0.29) is 11.7 Å². The Labute approximate surface area is 148 Å². The Balaban J connectivity index is 1.81.